The normalized spacial score (nSPS) is 54.9. The third-order valence-electron chi connectivity index (χ3n) is 23.7. The highest BCUT2D eigenvalue weighted by molar-refractivity contribution is 5.87. The van der Waals surface area contributed by atoms with Gasteiger partial charge in [0.15, 0.2) is 43.5 Å². The minimum Gasteiger partial charge on any atom is -0.394 e. The predicted molar refractivity (Wildman–Crippen MR) is 309 cm³/mol. The Morgan fingerprint density at radius 3 is 1.73 bits per heavy atom. The van der Waals surface area contributed by atoms with Crippen molar-refractivity contribution < 1.29 is 158 Å². The summed E-state index contributed by atoms with van der Waals surface area (Å²) in [5, 5.41) is 183. The highest BCUT2D eigenvalue weighted by atomic mass is 16.8. The van der Waals surface area contributed by atoms with Crippen molar-refractivity contribution in [3.8, 4) is 0 Å². The van der Waals surface area contributed by atoms with Gasteiger partial charge >= 0.3 is 0 Å². The molecule has 11 rings (SSSR count). The molecule has 7 saturated heterocycles. The molecule has 4 aliphatic carbocycles. The Labute approximate surface area is 543 Å². The molecule has 0 aromatic carbocycles. The maximum Gasteiger partial charge on any atom is 0.187 e. The van der Waals surface area contributed by atoms with E-state index in [-0.39, 0.29) is 65.3 Å². The van der Waals surface area contributed by atoms with Gasteiger partial charge in [-0.15, -0.1) is 0 Å². The number of ether oxygens (including phenoxy) is 14. The standard InChI is InChI=1S/C62H102O32/c1-22(19-82-54-47(78)44(75)41(72)33(16-63)87-54)9-12-62(81-6)23(2)37-32(94-62)14-29-27-8-7-25-13-26(10-11-60(25,4)28(27)15-36(68)61(29,37)5)86-58-52(92-57-48(79)43(74)38(69)24(3)85-57)49(80)50(35(18-65)89-58)90-59-53(93-56-46(77)40(71)31(67)21-84-56)51(42(73)34(17-64)88-59)91-55-45(76)39(70)30(66)20-83-55/h22-35,37-59,63-67,69-80H,7-21H2,1-6H3. The van der Waals surface area contributed by atoms with Crippen molar-refractivity contribution in [2.75, 3.05) is 46.8 Å². The van der Waals surface area contributed by atoms with E-state index in [1.165, 1.54) is 6.92 Å². The van der Waals surface area contributed by atoms with Gasteiger partial charge in [0.25, 0.3) is 0 Å². The van der Waals surface area contributed by atoms with Gasteiger partial charge in [-0.1, -0.05) is 27.7 Å². The SMILES string of the molecule is COC1(CCC(C)COC2OC(CO)C(O)C(O)C2O)OC2CC3C4CCC5CC(OC6OC(CO)C(OC7OC(CO)C(O)C(OC8OCC(O)C(O)C8O)C7OC7OCC(O)C(O)C7O)C(O)C6OC6OC(C)C(O)C(O)C6O)CCC5(C)C4CC(=O)C3(C)C2C1C. The van der Waals surface area contributed by atoms with Crippen molar-refractivity contribution in [3.05, 3.63) is 0 Å². The molecule has 7 heterocycles. The molecule has 7 aliphatic heterocycles. The summed E-state index contributed by atoms with van der Waals surface area (Å²) in [5.41, 5.74) is -1.03. The molecule has 0 radical (unpaired) electrons. The molecule has 40 unspecified atom stereocenters. The van der Waals surface area contributed by atoms with Crippen LogP contribution in [-0.4, -0.2) is 329 Å². The summed E-state index contributed by atoms with van der Waals surface area (Å²) in [6, 6.07) is 0. The zero-order valence-corrected chi connectivity index (χ0v) is 53.7. The van der Waals surface area contributed by atoms with Gasteiger partial charge in [-0.25, -0.2) is 0 Å². The van der Waals surface area contributed by atoms with Gasteiger partial charge in [-0.05, 0) is 86.9 Å². The first-order valence-corrected chi connectivity index (χ1v) is 33.4. The van der Waals surface area contributed by atoms with E-state index in [2.05, 4.69) is 20.8 Å². The fraction of sp³-hybridized carbons (Fsp3) is 0.984. The Bertz CT molecular complexity index is 2490. The number of carbonyl (C=O) groups is 1. The van der Waals surface area contributed by atoms with E-state index in [0.29, 0.717) is 44.9 Å². The summed E-state index contributed by atoms with van der Waals surface area (Å²) < 4.78 is 85.8. The molecule has 40 atom stereocenters. The average molecular weight is 1360 g/mol. The molecule has 32 nitrogen and oxygen atoms in total. The van der Waals surface area contributed by atoms with Crippen LogP contribution in [0.3, 0.4) is 0 Å². The van der Waals surface area contributed by atoms with E-state index in [4.69, 9.17) is 66.3 Å². The number of carbonyl (C=O) groups excluding carboxylic acids is 1. The number of rotatable bonds is 20. The van der Waals surface area contributed by atoms with E-state index in [9.17, 15) is 86.8 Å². The second-order valence-corrected chi connectivity index (χ2v) is 29.0. The van der Waals surface area contributed by atoms with E-state index in [1.807, 2.05) is 6.92 Å². The summed E-state index contributed by atoms with van der Waals surface area (Å²) in [4.78, 5) is 15.2. The summed E-state index contributed by atoms with van der Waals surface area (Å²) >= 11 is 0. The third kappa shape index (κ3) is 13.4. The number of hydrogen-bond acceptors (Lipinski definition) is 32. The van der Waals surface area contributed by atoms with Crippen LogP contribution in [0.2, 0.25) is 0 Å². The van der Waals surface area contributed by atoms with Crippen LogP contribution in [0.1, 0.15) is 92.4 Å². The van der Waals surface area contributed by atoms with Crippen molar-refractivity contribution in [2.24, 2.45) is 52.3 Å². The molecule has 32 heteroatoms. The number of Topliss-reactive ketones (excluding diaryl/α,β-unsaturated/α-hetero) is 1. The van der Waals surface area contributed by atoms with Crippen LogP contribution in [0.15, 0.2) is 0 Å². The highest BCUT2D eigenvalue weighted by Gasteiger charge is 2.72. The maximum atomic E-state index is 15.2. The van der Waals surface area contributed by atoms with Gasteiger partial charge < -0.3 is 153 Å². The lowest BCUT2D eigenvalue weighted by Gasteiger charge is -2.60. The maximum absolute atomic E-state index is 15.2. The van der Waals surface area contributed by atoms with Gasteiger partial charge in [0.05, 0.1) is 58.0 Å². The number of hydrogen-bond donors (Lipinski definition) is 17. The van der Waals surface area contributed by atoms with Crippen molar-refractivity contribution >= 4 is 5.78 Å². The summed E-state index contributed by atoms with van der Waals surface area (Å²) in [5.74, 6) is -0.955. The van der Waals surface area contributed by atoms with E-state index in [0.717, 1.165) is 12.8 Å². The van der Waals surface area contributed by atoms with Crippen LogP contribution >= 0.6 is 0 Å². The zero-order valence-electron chi connectivity index (χ0n) is 53.7. The van der Waals surface area contributed by atoms with Gasteiger partial charge in [0, 0.05) is 37.2 Å². The summed E-state index contributed by atoms with van der Waals surface area (Å²) in [7, 11) is 1.62. The lowest BCUT2D eigenvalue weighted by atomic mass is 9.44. The minimum absolute atomic E-state index is 0.0218. The monoisotopic (exact) mass is 1360 g/mol. The van der Waals surface area contributed by atoms with Gasteiger partial charge in [0.2, 0.25) is 0 Å². The van der Waals surface area contributed by atoms with E-state index < -0.39 is 222 Å². The first-order valence-electron chi connectivity index (χ1n) is 33.4. The molecule has 542 valence electrons. The average Bonchev–Trinajstić information content (AvgIpc) is 1.49. The van der Waals surface area contributed by atoms with E-state index >= 15 is 4.79 Å². The molecule has 0 aromatic heterocycles. The quantitative estimate of drug-likeness (QED) is 0.0504. The Kier molecular flexibility index (Phi) is 23.0. The number of aliphatic hydroxyl groups is 17. The molecule has 11 aliphatic rings. The number of ketones is 1. The Morgan fingerprint density at radius 1 is 0.543 bits per heavy atom. The number of fused-ring (bicyclic) bond motifs is 7. The molecule has 0 aromatic rings. The summed E-state index contributed by atoms with van der Waals surface area (Å²) in [6.07, 6.45) is -43.1. The second kappa shape index (κ2) is 29.4. The van der Waals surface area contributed by atoms with Gasteiger partial charge in [-0.2, -0.15) is 0 Å². The Balaban J connectivity index is 0.786. The molecule has 0 amide bonds. The van der Waals surface area contributed by atoms with E-state index in [1.54, 1.807) is 7.11 Å². The molecule has 11 fully saturated rings. The number of aliphatic hydroxyl groups excluding tert-OH is 17. The Hall–Kier alpha value is -1.57. The molecule has 0 bridgehead atoms. The molecular formula is C62H102O32. The topological polar surface area (TPSA) is 490 Å². The largest absolute Gasteiger partial charge is 0.394 e. The first kappa shape index (κ1) is 73.6. The van der Waals surface area contributed by atoms with Crippen molar-refractivity contribution in [2.45, 2.75) is 282 Å². The van der Waals surface area contributed by atoms with Crippen molar-refractivity contribution in [1.82, 2.24) is 0 Å². The lowest BCUT2D eigenvalue weighted by Crippen LogP contribution is -2.68. The van der Waals surface area contributed by atoms with Gasteiger partial charge in [-0.3, -0.25) is 4.79 Å². The summed E-state index contributed by atoms with van der Waals surface area (Å²) in [6.45, 7) is 6.40. The fourth-order valence-corrected chi connectivity index (χ4v) is 18.0. The van der Waals surface area contributed by atoms with Crippen LogP contribution in [-0.2, 0) is 71.1 Å². The highest BCUT2D eigenvalue weighted by Crippen LogP contribution is 2.70. The fourth-order valence-electron chi connectivity index (χ4n) is 18.0. The number of methoxy groups -OCH3 is 1. The predicted octanol–water partition coefficient (Wildman–Crippen LogP) is -6.17. The van der Waals surface area contributed by atoms with Crippen LogP contribution in [0.4, 0.5) is 0 Å². The van der Waals surface area contributed by atoms with Gasteiger partial charge in [0.1, 0.15) is 134 Å². The Morgan fingerprint density at radius 2 is 1.10 bits per heavy atom. The first-order chi connectivity index (χ1) is 44.5. The molecule has 17 N–H and O–H groups in total. The third-order valence-corrected chi connectivity index (χ3v) is 23.7. The molecular weight excluding hydrogens is 1260 g/mol. The van der Waals surface area contributed by atoms with Crippen molar-refractivity contribution in [3.63, 3.8) is 0 Å². The van der Waals surface area contributed by atoms with Crippen LogP contribution < -0.4 is 0 Å². The smallest absolute Gasteiger partial charge is 0.187 e. The molecule has 0 spiro atoms. The molecule has 4 saturated carbocycles. The van der Waals surface area contributed by atoms with Crippen molar-refractivity contribution in [1.29, 1.82) is 0 Å². The lowest BCUT2D eigenvalue weighted by molar-refractivity contribution is -0.408. The molecule has 94 heavy (non-hydrogen) atoms. The second-order valence-electron chi connectivity index (χ2n) is 29.0. The zero-order chi connectivity index (χ0) is 67.9. The van der Waals surface area contributed by atoms with Crippen LogP contribution in [0, 0.1) is 52.3 Å². The minimum atomic E-state index is -1.99. The van der Waals surface area contributed by atoms with Crippen LogP contribution in [0.5, 0.6) is 0 Å². The van der Waals surface area contributed by atoms with Crippen LogP contribution in [0.25, 0.3) is 0 Å².